The van der Waals surface area contributed by atoms with E-state index >= 15 is 0 Å². The van der Waals surface area contributed by atoms with Crippen molar-refractivity contribution in [3.05, 3.63) is 0 Å². The summed E-state index contributed by atoms with van der Waals surface area (Å²) in [5.41, 5.74) is 0. The summed E-state index contributed by atoms with van der Waals surface area (Å²) in [6.45, 7) is 1.62. The van der Waals surface area contributed by atoms with Crippen LogP contribution in [0.3, 0.4) is 0 Å². The quantitative estimate of drug-likeness (QED) is 0.397. The minimum atomic E-state index is -6.00. The van der Waals surface area contributed by atoms with E-state index in [4.69, 9.17) is 0 Å². The minimum absolute atomic E-state index is 0.181. The zero-order chi connectivity index (χ0) is 7.91. The SMILES string of the molecule is CCCF.F[B-](F)(F)F. The van der Waals surface area contributed by atoms with Crippen LogP contribution in [0.1, 0.15) is 13.3 Å². The molecule has 0 fully saturated rings. The Balaban J connectivity index is 0. The van der Waals surface area contributed by atoms with Gasteiger partial charge in [0.25, 0.3) is 0 Å². The Morgan fingerprint density at radius 3 is 1.22 bits per heavy atom. The first kappa shape index (κ1) is 11.5. The molecule has 9 heavy (non-hydrogen) atoms. The fourth-order valence-electron chi connectivity index (χ4n) is 0. The van der Waals surface area contributed by atoms with Crippen LogP contribution in [-0.2, 0) is 0 Å². The Morgan fingerprint density at radius 2 is 1.22 bits per heavy atom. The van der Waals surface area contributed by atoms with E-state index in [-0.39, 0.29) is 6.67 Å². The highest BCUT2D eigenvalue weighted by atomic mass is 19.5. The van der Waals surface area contributed by atoms with Crippen LogP contribution in [0.5, 0.6) is 0 Å². The monoisotopic (exact) mass is 149 g/mol. The first-order valence-corrected chi connectivity index (χ1v) is 2.35. The molecule has 0 aromatic carbocycles. The van der Waals surface area contributed by atoms with Crippen LogP contribution in [0.4, 0.5) is 21.7 Å². The van der Waals surface area contributed by atoms with Crippen LogP contribution >= 0.6 is 0 Å². The molecule has 0 aromatic heterocycles. The molecule has 0 radical (unpaired) electrons. The predicted molar refractivity (Wildman–Crippen MR) is 26.5 cm³/mol. The van der Waals surface area contributed by atoms with Crippen LogP contribution in [0, 0.1) is 0 Å². The van der Waals surface area contributed by atoms with Gasteiger partial charge in [-0.1, -0.05) is 6.92 Å². The number of alkyl halides is 1. The van der Waals surface area contributed by atoms with E-state index in [1.807, 2.05) is 0 Å². The molecular formula is C3H7BF5-. The van der Waals surface area contributed by atoms with Gasteiger partial charge in [-0.15, -0.1) is 0 Å². The number of rotatable bonds is 1. The molecule has 0 atom stereocenters. The van der Waals surface area contributed by atoms with E-state index in [0.717, 1.165) is 0 Å². The first-order chi connectivity index (χ1) is 3.91. The summed E-state index contributed by atoms with van der Waals surface area (Å²) in [5.74, 6) is 0. The summed E-state index contributed by atoms with van der Waals surface area (Å²) in [7, 11) is -6.00. The minimum Gasteiger partial charge on any atom is -0.418 e. The smallest absolute Gasteiger partial charge is 0.418 e. The van der Waals surface area contributed by atoms with Crippen molar-refractivity contribution >= 4 is 7.25 Å². The molecule has 0 aliphatic heterocycles. The van der Waals surface area contributed by atoms with Crippen molar-refractivity contribution in [1.29, 1.82) is 0 Å². The van der Waals surface area contributed by atoms with E-state index in [9.17, 15) is 21.7 Å². The molecule has 0 bridgehead atoms. The van der Waals surface area contributed by atoms with E-state index in [1.165, 1.54) is 0 Å². The standard InChI is InChI=1S/C3H7F.BF4/c1-2-3-4;2-1(3,4)5/h2-3H2,1H3;/q;-1. The third-order valence-electron chi connectivity index (χ3n) is 0.189. The molecular weight excluding hydrogens is 142 g/mol. The number of hydrogen-bond acceptors (Lipinski definition) is 0. The summed E-state index contributed by atoms with van der Waals surface area (Å²) >= 11 is 0. The molecule has 0 saturated heterocycles. The Morgan fingerprint density at radius 1 is 1.11 bits per heavy atom. The molecule has 0 spiro atoms. The second kappa shape index (κ2) is 5.84. The average Bonchev–Trinajstić information content (AvgIpc) is 1.61. The lowest BCUT2D eigenvalue weighted by atomic mass is 10.3. The maximum absolute atomic E-state index is 10.7. The van der Waals surface area contributed by atoms with Gasteiger partial charge < -0.3 is 17.3 Å². The Bertz CT molecular complexity index is 42.7. The molecule has 6 heteroatoms. The summed E-state index contributed by atoms with van der Waals surface area (Å²) in [5, 5.41) is 0. The summed E-state index contributed by atoms with van der Waals surface area (Å²) in [6.07, 6.45) is 0.653. The van der Waals surface area contributed by atoms with Gasteiger partial charge in [-0.3, -0.25) is 4.39 Å². The molecule has 0 aliphatic carbocycles. The van der Waals surface area contributed by atoms with E-state index < -0.39 is 7.25 Å². The van der Waals surface area contributed by atoms with Gasteiger partial charge in [0.05, 0.1) is 6.67 Å². The van der Waals surface area contributed by atoms with Crippen molar-refractivity contribution < 1.29 is 21.7 Å². The van der Waals surface area contributed by atoms with Crippen molar-refractivity contribution in [1.82, 2.24) is 0 Å². The van der Waals surface area contributed by atoms with Gasteiger partial charge >= 0.3 is 7.25 Å². The van der Waals surface area contributed by atoms with E-state index in [0.29, 0.717) is 6.42 Å². The van der Waals surface area contributed by atoms with Gasteiger partial charge in [0.1, 0.15) is 0 Å². The molecule has 0 aliphatic rings. The maximum Gasteiger partial charge on any atom is 0.673 e. The van der Waals surface area contributed by atoms with Crippen molar-refractivity contribution in [3.63, 3.8) is 0 Å². The third-order valence-corrected chi connectivity index (χ3v) is 0.189. The maximum atomic E-state index is 10.7. The molecule has 0 nitrogen and oxygen atoms in total. The summed E-state index contributed by atoms with van der Waals surface area (Å²) in [6, 6.07) is 0. The summed E-state index contributed by atoms with van der Waals surface area (Å²) in [4.78, 5) is 0. The second-order valence-corrected chi connectivity index (χ2v) is 1.18. The van der Waals surface area contributed by atoms with Gasteiger partial charge in [-0.25, -0.2) is 0 Å². The largest absolute Gasteiger partial charge is 0.673 e. The Labute approximate surface area is 50.2 Å². The van der Waals surface area contributed by atoms with Gasteiger partial charge in [0, 0.05) is 0 Å². The summed E-state index contributed by atoms with van der Waals surface area (Å²) < 4.78 is 49.7. The molecule has 58 valence electrons. The average molecular weight is 149 g/mol. The fraction of sp³-hybridized carbons (Fsp3) is 1.00. The highest BCUT2D eigenvalue weighted by Crippen LogP contribution is 2.06. The van der Waals surface area contributed by atoms with Crippen LogP contribution < -0.4 is 0 Å². The zero-order valence-electron chi connectivity index (χ0n) is 4.88. The normalized spacial score (nSPS) is 10.0. The Kier molecular flexibility index (Phi) is 7.47. The molecule has 0 rings (SSSR count). The highest BCUT2D eigenvalue weighted by Gasteiger charge is 2.20. The van der Waals surface area contributed by atoms with E-state index in [2.05, 4.69) is 0 Å². The van der Waals surface area contributed by atoms with Gasteiger partial charge in [0.2, 0.25) is 0 Å². The van der Waals surface area contributed by atoms with Crippen LogP contribution in [0.15, 0.2) is 0 Å². The first-order valence-electron chi connectivity index (χ1n) is 2.35. The van der Waals surface area contributed by atoms with Crippen LogP contribution in [0.25, 0.3) is 0 Å². The molecule has 0 saturated carbocycles. The van der Waals surface area contributed by atoms with Gasteiger partial charge in [0.15, 0.2) is 0 Å². The van der Waals surface area contributed by atoms with Crippen molar-refractivity contribution in [3.8, 4) is 0 Å². The van der Waals surface area contributed by atoms with Crippen molar-refractivity contribution in [2.45, 2.75) is 13.3 Å². The topological polar surface area (TPSA) is 0 Å². The van der Waals surface area contributed by atoms with Crippen LogP contribution in [0.2, 0.25) is 0 Å². The molecule has 0 N–H and O–H groups in total. The Hall–Kier alpha value is -0.285. The van der Waals surface area contributed by atoms with Crippen molar-refractivity contribution in [2.75, 3.05) is 6.67 Å². The highest BCUT2D eigenvalue weighted by molar-refractivity contribution is 6.50. The molecule has 0 amide bonds. The lowest BCUT2D eigenvalue weighted by molar-refractivity contribution is 0.368. The lowest BCUT2D eigenvalue weighted by Gasteiger charge is -1.94. The number of halogens is 5. The lowest BCUT2D eigenvalue weighted by Crippen LogP contribution is -2.02. The second-order valence-electron chi connectivity index (χ2n) is 1.18. The predicted octanol–water partition coefficient (Wildman–Crippen LogP) is 2.67. The molecule has 0 heterocycles. The zero-order valence-corrected chi connectivity index (χ0v) is 4.88. The van der Waals surface area contributed by atoms with Crippen molar-refractivity contribution in [2.24, 2.45) is 0 Å². The van der Waals surface area contributed by atoms with Crippen LogP contribution in [-0.4, -0.2) is 13.9 Å². The fourth-order valence-corrected chi connectivity index (χ4v) is 0. The third kappa shape index (κ3) is 493. The van der Waals surface area contributed by atoms with E-state index in [1.54, 1.807) is 6.92 Å². The van der Waals surface area contributed by atoms with Gasteiger partial charge in [-0.05, 0) is 6.42 Å². The molecule has 0 aromatic rings. The number of hydrogen-bond donors (Lipinski definition) is 0. The van der Waals surface area contributed by atoms with Gasteiger partial charge in [-0.2, -0.15) is 0 Å². The molecule has 0 unspecified atom stereocenters.